The van der Waals surface area contributed by atoms with Crippen LogP contribution in [0.4, 0.5) is 5.69 Å². The molecule has 2 unspecified atom stereocenters. The zero-order valence-corrected chi connectivity index (χ0v) is 19.9. The number of sulfonamides is 1. The third-order valence-electron chi connectivity index (χ3n) is 5.32. The minimum Gasteiger partial charge on any atom is -0.506 e. The summed E-state index contributed by atoms with van der Waals surface area (Å²) in [5.74, 6) is 0.229. The van der Waals surface area contributed by atoms with E-state index in [9.17, 15) is 23.7 Å². The van der Waals surface area contributed by atoms with Gasteiger partial charge in [0.05, 0.1) is 25.2 Å². The number of hydrogen-bond donors (Lipinski definition) is 5. The molecule has 34 heavy (non-hydrogen) atoms. The molecule has 0 aromatic heterocycles. The van der Waals surface area contributed by atoms with Crippen molar-refractivity contribution in [3.63, 3.8) is 0 Å². The number of aliphatic hydroxyl groups is 1. The molecule has 0 aliphatic rings. The maximum absolute atomic E-state index is 11.5. The lowest BCUT2D eigenvalue weighted by molar-refractivity contribution is 0.167. The molecule has 2 atom stereocenters. The number of aromatic hydroxyl groups is 2. The van der Waals surface area contributed by atoms with Gasteiger partial charge in [-0.25, -0.2) is 8.42 Å². The first-order valence-electron chi connectivity index (χ1n) is 10.8. The van der Waals surface area contributed by atoms with Crippen molar-refractivity contribution in [3.05, 3.63) is 83.4 Å². The lowest BCUT2D eigenvalue weighted by Crippen LogP contribution is -2.32. The van der Waals surface area contributed by atoms with Crippen molar-refractivity contribution in [1.82, 2.24) is 5.32 Å². The molecular formula is C25H30N2O6S. The van der Waals surface area contributed by atoms with Gasteiger partial charge >= 0.3 is 0 Å². The molecule has 0 fully saturated rings. The van der Waals surface area contributed by atoms with E-state index in [0.29, 0.717) is 17.7 Å². The van der Waals surface area contributed by atoms with Crippen molar-refractivity contribution in [2.24, 2.45) is 0 Å². The molecule has 0 bridgehead atoms. The van der Waals surface area contributed by atoms with E-state index >= 15 is 0 Å². The van der Waals surface area contributed by atoms with Crippen LogP contribution in [0.25, 0.3) is 0 Å². The Labute approximate surface area is 199 Å². The summed E-state index contributed by atoms with van der Waals surface area (Å²) in [6, 6.07) is 19.5. The van der Waals surface area contributed by atoms with Crippen LogP contribution >= 0.6 is 0 Å². The lowest BCUT2D eigenvalue weighted by atomic mass is 9.97. The quantitative estimate of drug-likeness (QED) is 0.264. The predicted molar refractivity (Wildman–Crippen MR) is 132 cm³/mol. The van der Waals surface area contributed by atoms with Crippen LogP contribution in [0.2, 0.25) is 0 Å². The average Bonchev–Trinajstić information content (AvgIpc) is 2.78. The number of rotatable bonds is 11. The van der Waals surface area contributed by atoms with Crippen LogP contribution in [0.15, 0.2) is 66.7 Å². The number of methoxy groups -OCH3 is 1. The highest BCUT2D eigenvalue weighted by Crippen LogP contribution is 2.30. The van der Waals surface area contributed by atoms with Gasteiger partial charge in [0.2, 0.25) is 10.0 Å². The van der Waals surface area contributed by atoms with Crippen LogP contribution in [0.3, 0.4) is 0 Å². The van der Waals surface area contributed by atoms with Gasteiger partial charge in [-0.05, 0) is 53.8 Å². The second-order valence-corrected chi connectivity index (χ2v) is 9.91. The molecule has 3 aromatic rings. The maximum Gasteiger partial charge on any atom is 0.229 e. The van der Waals surface area contributed by atoms with Gasteiger partial charge in [0.15, 0.2) is 11.5 Å². The van der Waals surface area contributed by atoms with Crippen molar-refractivity contribution in [2.45, 2.75) is 25.0 Å². The van der Waals surface area contributed by atoms with E-state index < -0.39 is 16.1 Å². The topological polar surface area (TPSA) is 128 Å². The third-order valence-corrected chi connectivity index (χ3v) is 5.91. The van der Waals surface area contributed by atoms with Gasteiger partial charge in [-0.3, -0.25) is 4.72 Å². The van der Waals surface area contributed by atoms with Gasteiger partial charge in [0.1, 0.15) is 5.75 Å². The fraction of sp³-hybridized carbons (Fsp3) is 0.280. The molecule has 0 aliphatic carbocycles. The normalized spacial score (nSPS) is 13.3. The highest BCUT2D eigenvalue weighted by Gasteiger charge is 2.17. The van der Waals surface area contributed by atoms with E-state index in [2.05, 4.69) is 10.0 Å². The van der Waals surface area contributed by atoms with E-state index in [1.807, 2.05) is 36.4 Å². The van der Waals surface area contributed by atoms with E-state index in [0.717, 1.165) is 17.4 Å². The van der Waals surface area contributed by atoms with Crippen LogP contribution < -0.4 is 14.8 Å². The van der Waals surface area contributed by atoms with Gasteiger partial charge in [0.25, 0.3) is 0 Å². The first-order chi connectivity index (χ1) is 16.1. The molecule has 182 valence electrons. The van der Waals surface area contributed by atoms with E-state index in [4.69, 9.17) is 4.74 Å². The molecule has 0 saturated carbocycles. The number of ether oxygens (including phenoxy) is 1. The zero-order chi connectivity index (χ0) is 24.7. The van der Waals surface area contributed by atoms with Crippen molar-refractivity contribution in [2.75, 3.05) is 24.6 Å². The molecule has 0 saturated heterocycles. The number of phenolic OH excluding ortho intramolecular Hbond substituents is 2. The Kier molecular flexibility index (Phi) is 8.38. The van der Waals surface area contributed by atoms with Gasteiger partial charge in [-0.2, -0.15) is 0 Å². The molecule has 3 rings (SSSR count). The van der Waals surface area contributed by atoms with Gasteiger partial charge in [-0.1, -0.05) is 42.5 Å². The first-order valence-corrected chi connectivity index (χ1v) is 12.7. The molecule has 3 aromatic carbocycles. The fourth-order valence-corrected chi connectivity index (χ4v) is 4.26. The molecule has 5 N–H and O–H groups in total. The number of hydrogen-bond acceptors (Lipinski definition) is 7. The largest absolute Gasteiger partial charge is 0.506 e. The summed E-state index contributed by atoms with van der Waals surface area (Å²) < 4.78 is 30.4. The molecule has 0 spiro atoms. The summed E-state index contributed by atoms with van der Waals surface area (Å²) in [6.07, 6.45) is 1.11. The van der Waals surface area contributed by atoms with E-state index in [1.54, 1.807) is 18.2 Å². The lowest BCUT2D eigenvalue weighted by Gasteiger charge is -2.22. The smallest absolute Gasteiger partial charge is 0.229 e. The van der Waals surface area contributed by atoms with Crippen LogP contribution in [-0.2, 0) is 22.9 Å². The fourth-order valence-electron chi connectivity index (χ4n) is 3.70. The molecule has 8 nitrogen and oxygen atoms in total. The van der Waals surface area contributed by atoms with Crippen LogP contribution in [0.1, 0.15) is 22.7 Å². The Morgan fingerprint density at radius 2 is 1.65 bits per heavy atom. The zero-order valence-electron chi connectivity index (χ0n) is 19.1. The van der Waals surface area contributed by atoms with Crippen molar-refractivity contribution < 1.29 is 28.5 Å². The van der Waals surface area contributed by atoms with Crippen molar-refractivity contribution in [3.8, 4) is 17.2 Å². The number of phenols is 2. The number of nitrogens with one attached hydrogen (secondary N) is 2. The Hall–Kier alpha value is -3.27. The second kappa shape index (κ2) is 11.2. The molecular weight excluding hydrogens is 456 g/mol. The van der Waals surface area contributed by atoms with Gasteiger partial charge in [0, 0.05) is 12.6 Å². The summed E-state index contributed by atoms with van der Waals surface area (Å²) in [4.78, 5) is 0. The van der Waals surface area contributed by atoms with Gasteiger partial charge in [-0.15, -0.1) is 0 Å². The maximum atomic E-state index is 11.5. The SMILES string of the molecule is COc1ccc(C(Cc2ccccc2)NCC(O)Cc2ccc(O)c(NS(C)(=O)=O)c2)cc1O. The van der Waals surface area contributed by atoms with Crippen LogP contribution in [0, 0.1) is 0 Å². The standard InChI is InChI=1S/C25H30N2O6S/c1-33-25-11-9-19(15-24(25)30)21(13-17-6-4-3-5-7-17)26-16-20(28)12-18-8-10-23(29)22(14-18)27-34(2,31)32/h3-11,14-15,20-21,26-30H,12-13,16H2,1-2H3. The minimum atomic E-state index is -3.55. The molecule has 0 aliphatic heterocycles. The van der Waals surface area contributed by atoms with E-state index in [-0.39, 0.29) is 36.2 Å². The van der Waals surface area contributed by atoms with E-state index in [1.165, 1.54) is 19.2 Å². The highest BCUT2D eigenvalue weighted by atomic mass is 32.2. The van der Waals surface area contributed by atoms with Crippen molar-refractivity contribution in [1.29, 1.82) is 0 Å². The molecule has 0 amide bonds. The molecule has 9 heteroatoms. The third kappa shape index (κ3) is 7.38. The first kappa shape index (κ1) is 25.4. The predicted octanol–water partition coefficient (Wildman–Crippen LogP) is 2.95. The highest BCUT2D eigenvalue weighted by molar-refractivity contribution is 7.92. The second-order valence-electron chi connectivity index (χ2n) is 8.17. The average molecular weight is 487 g/mol. The summed E-state index contributed by atoms with van der Waals surface area (Å²) in [5.41, 5.74) is 2.68. The Bertz CT molecular complexity index is 1200. The monoisotopic (exact) mass is 486 g/mol. The minimum absolute atomic E-state index is 0.0374. The number of anilines is 1. The Morgan fingerprint density at radius 3 is 2.29 bits per heavy atom. The Balaban J connectivity index is 1.72. The Morgan fingerprint density at radius 1 is 0.912 bits per heavy atom. The van der Waals surface area contributed by atoms with Gasteiger partial charge < -0.3 is 25.4 Å². The van der Waals surface area contributed by atoms with Crippen molar-refractivity contribution >= 4 is 15.7 Å². The summed E-state index contributed by atoms with van der Waals surface area (Å²) in [5, 5.41) is 34.2. The molecule has 0 heterocycles. The summed E-state index contributed by atoms with van der Waals surface area (Å²) in [6.45, 7) is 0.250. The number of aliphatic hydroxyl groups excluding tert-OH is 1. The van der Waals surface area contributed by atoms with Crippen LogP contribution in [-0.4, -0.2) is 49.8 Å². The molecule has 0 radical (unpaired) electrons. The van der Waals surface area contributed by atoms with Crippen LogP contribution in [0.5, 0.6) is 17.2 Å². The summed E-state index contributed by atoms with van der Waals surface area (Å²) >= 11 is 0. The number of benzene rings is 3. The summed E-state index contributed by atoms with van der Waals surface area (Å²) in [7, 11) is -2.06.